The Kier molecular flexibility index (Phi) is 4.88. The molecule has 0 aliphatic heterocycles. The van der Waals surface area contributed by atoms with Crippen LogP contribution in [0.5, 0.6) is 0 Å². The molecule has 0 radical (unpaired) electrons. The Morgan fingerprint density at radius 2 is 2.60 bits per heavy atom. The molecule has 1 heterocycles. The van der Waals surface area contributed by atoms with Crippen molar-refractivity contribution in [2.45, 2.75) is 0 Å². The maximum absolute atomic E-state index is 3.76. The first-order valence-electron chi connectivity index (χ1n) is 2.54. The molecule has 0 fully saturated rings. The highest BCUT2D eigenvalue weighted by Crippen LogP contribution is 2.06. The summed E-state index contributed by atoms with van der Waals surface area (Å²) in [5.41, 5.74) is 1.69. The van der Waals surface area contributed by atoms with Gasteiger partial charge >= 0.3 is 0 Å². The number of hydrogen-bond donors (Lipinski definition) is 1. The Morgan fingerprint density at radius 3 is 3.10 bits per heavy atom. The smallest absolute Gasteiger partial charge is 0.205 e. The molecular weight excluding hydrogens is 170 g/mol. The summed E-state index contributed by atoms with van der Waals surface area (Å²) in [5.74, 6) is 0. The molecule has 0 saturated heterocycles. The van der Waals surface area contributed by atoms with Crippen LogP contribution in [-0.2, 0) is 0 Å². The van der Waals surface area contributed by atoms with Crippen molar-refractivity contribution in [1.82, 2.24) is 10.2 Å². The van der Waals surface area contributed by atoms with E-state index in [1.165, 1.54) is 11.3 Å². The fourth-order valence-electron chi connectivity index (χ4n) is 0.410. The summed E-state index contributed by atoms with van der Waals surface area (Å²) in [6, 6.07) is 0. The zero-order chi connectivity index (χ0) is 6.53. The highest BCUT2D eigenvalue weighted by molar-refractivity contribution is 7.13. The summed E-state index contributed by atoms with van der Waals surface area (Å²) in [6.07, 6.45) is 1.78. The van der Waals surface area contributed by atoms with Crippen LogP contribution in [0.4, 0.5) is 5.13 Å². The summed E-state index contributed by atoms with van der Waals surface area (Å²) in [4.78, 5) is 0. The predicted octanol–water partition coefficient (Wildman–Crippen LogP) is 1.56. The largest absolute Gasteiger partial charge is 0.357 e. The van der Waals surface area contributed by atoms with E-state index in [9.17, 15) is 0 Å². The Bertz CT molecular complexity index is 175. The monoisotopic (exact) mass is 177 g/mol. The number of hydrogen-bond acceptors (Lipinski definition) is 4. The first-order chi connectivity index (χ1) is 4.43. The van der Waals surface area contributed by atoms with Crippen molar-refractivity contribution >= 4 is 28.9 Å². The number of nitrogens with zero attached hydrogens (tertiary/aromatic N) is 2. The van der Waals surface area contributed by atoms with E-state index in [4.69, 9.17) is 0 Å². The summed E-state index contributed by atoms with van der Waals surface area (Å²) >= 11 is 1.48. The van der Waals surface area contributed by atoms with Crippen LogP contribution in [0.3, 0.4) is 0 Å². The minimum atomic E-state index is 0. The molecule has 0 saturated carbocycles. The van der Waals surface area contributed by atoms with Gasteiger partial charge in [-0.3, -0.25) is 0 Å². The minimum absolute atomic E-state index is 0. The van der Waals surface area contributed by atoms with Crippen LogP contribution in [0.1, 0.15) is 0 Å². The van der Waals surface area contributed by atoms with Gasteiger partial charge in [-0.25, -0.2) is 0 Å². The average molecular weight is 178 g/mol. The van der Waals surface area contributed by atoms with Gasteiger partial charge in [-0.1, -0.05) is 17.4 Å². The van der Waals surface area contributed by atoms with Gasteiger partial charge in [0.15, 0.2) is 0 Å². The molecule has 0 unspecified atom stereocenters. The molecule has 0 amide bonds. The first kappa shape index (κ1) is 9.39. The number of nitrogens with one attached hydrogen (secondary N) is 1. The predicted molar refractivity (Wildman–Crippen MR) is 45.8 cm³/mol. The number of rotatable bonds is 3. The third-order valence-corrected chi connectivity index (χ3v) is 1.41. The van der Waals surface area contributed by atoms with Gasteiger partial charge in [-0.05, 0) is 0 Å². The lowest BCUT2D eigenvalue weighted by atomic mass is 10.6. The zero-order valence-corrected chi connectivity index (χ0v) is 6.91. The summed E-state index contributed by atoms with van der Waals surface area (Å²) in [5, 5.41) is 11.3. The number of aromatic nitrogens is 2. The van der Waals surface area contributed by atoms with Gasteiger partial charge in [-0.15, -0.1) is 29.2 Å². The third kappa shape index (κ3) is 2.80. The van der Waals surface area contributed by atoms with Crippen molar-refractivity contribution < 1.29 is 0 Å². The molecule has 10 heavy (non-hydrogen) atoms. The Morgan fingerprint density at radius 1 is 1.80 bits per heavy atom. The Hall–Kier alpha value is -0.610. The van der Waals surface area contributed by atoms with Crippen molar-refractivity contribution in [2.24, 2.45) is 0 Å². The van der Waals surface area contributed by atoms with E-state index in [-0.39, 0.29) is 12.4 Å². The molecule has 5 heteroatoms. The fraction of sp³-hybridized carbons (Fsp3) is 0.200. The van der Waals surface area contributed by atoms with E-state index in [1.54, 1.807) is 11.6 Å². The molecule has 0 spiro atoms. The van der Waals surface area contributed by atoms with Crippen LogP contribution in [0.25, 0.3) is 0 Å². The topological polar surface area (TPSA) is 37.8 Å². The normalized spacial score (nSPS) is 8.00. The van der Waals surface area contributed by atoms with E-state index in [2.05, 4.69) is 22.1 Å². The summed E-state index contributed by atoms with van der Waals surface area (Å²) in [6.45, 7) is 4.30. The molecule has 1 aromatic rings. The fourth-order valence-corrected chi connectivity index (χ4v) is 0.865. The summed E-state index contributed by atoms with van der Waals surface area (Å²) < 4.78 is 0. The van der Waals surface area contributed by atoms with Crippen LogP contribution < -0.4 is 5.32 Å². The van der Waals surface area contributed by atoms with Crippen LogP contribution in [0.2, 0.25) is 0 Å². The molecular formula is C5H8ClN3S. The van der Waals surface area contributed by atoms with Gasteiger partial charge in [0.05, 0.1) is 0 Å². The van der Waals surface area contributed by atoms with Crippen LogP contribution >= 0.6 is 23.7 Å². The number of halogens is 1. The molecule has 0 bridgehead atoms. The SMILES string of the molecule is C=CCNc1nncs1.Cl. The molecule has 0 aromatic carbocycles. The molecule has 0 atom stereocenters. The van der Waals surface area contributed by atoms with Gasteiger partial charge in [0.1, 0.15) is 5.51 Å². The van der Waals surface area contributed by atoms with Gasteiger partial charge < -0.3 is 5.32 Å². The molecule has 3 nitrogen and oxygen atoms in total. The second-order valence-corrected chi connectivity index (χ2v) is 2.25. The van der Waals surface area contributed by atoms with Crippen LogP contribution in [0, 0.1) is 0 Å². The standard InChI is InChI=1S/C5H7N3S.ClH/c1-2-3-6-5-8-7-4-9-5;/h2,4H,1,3H2,(H,6,8);1H. The maximum atomic E-state index is 3.76. The van der Waals surface area contributed by atoms with E-state index < -0.39 is 0 Å². The molecule has 1 N–H and O–H groups in total. The van der Waals surface area contributed by atoms with E-state index in [0.717, 1.165) is 11.7 Å². The second-order valence-electron chi connectivity index (χ2n) is 1.41. The Labute approximate surface area is 69.6 Å². The molecule has 56 valence electrons. The van der Waals surface area contributed by atoms with E-state index in [0.29, 0.717) is 0 Å². The number of anilines is 1. The molecule has 1 aromatic heterocycles. The quantitative estimate of drug-likeness (QED) is 0.713. The zero-order valence-electron chi connectivity index (χ0n) is 5.28. The highest BCUT2D eigenvalue weighted by atomic mass is 35.5. The third-order valence-electron chi connectivity index (χ3n) is 0.758. The van der Waals surface area contributed by atoms with Crippen LogP contribution in [-0.4, -0.2) is 16.7 Å². The Balaban J connectivity index is 0.000000810. The van der Waals surface area contributed by atoms with Gasteiger partial charge in [0.25, 0.3) is 0 Å². The van der Waals surface area contributed by atoms with Gasteiger partial charge in [0, 0.05) is 6.54 Å². The lowest BCUT2D eigenvalue weighted by molar-refractivity contribution is 1.08. The van der Waals surface area contributed by atoms with Crippen molar-refractivity contribution in [1.29, 1.82) is 0 Å². The molecule has 0 aliphatic carbocycles. The van der Waals surface area contributed by atoms with Crippen molar-refractivity contribution in [3.63, 3.8) is 0 Å². The van der Waals surface area contributed by atoms with Gasteiger partial charge in [-0.2, -0.15) is 0 Å². The summed E-state index contributed by atoms with van der Waals surface area (Å²) in [7, 11) is 0. The van der Waals surface area contributed by atoms with Gasteiger partial charge in [0.2, 0.25) is 5.13 Å². The maximum Gasteiger partial charge on any atom is 0.205 e. The van der Waals surface area contributed by atoms with Crippen molar-refractivity contribution in [3.05, 3.63) is 18.2 Å². The lowest BCUT2D eigenvalue weighted by Crippen LogP contribution is -1.96. The van der Waals surface area contributed by atoms with Crippen LogP contribution in [0.15, 0.2) is 18.2 Å². The molecule has 0 aliphatic rings. The highest BCUT2D eigenvalue weighted by Gasteiger charge is 1.88. The van der Waals surface area contributed by atoms with E-state index in [1.807, 2.05) is 0 Å². The minimum Gasteiger partial charge on any atom is -0.357 e. The van der Waals surface area contributed by atoms with Crippen molar-refractivity contribution in [2.75, 3.05) is 11.9 Å². The van der Waals surface area contributed by atoms with Crippen molar-refractivity contribution in [3.8, 4) is 0 Å². The van der Waals surface area contributed by atoms with E-state index >= 15 is 0 Å². The average Bonchev–Trinajstić information content (AvgIpc) is 2.34. The second kappa shape index (κ2) is 5.20. The molecule has 1 rings (SSSR count). The first-order valence-corrected chi connectivity index (χ1v) is 3.42. The lowest BCUT2D eigenvalue weighted by Gasteiger charge is -1.91.